The van der Waals surface area contributed by atoms with E-state index in [0.717, 1.165) is 24.2 Å². The Bertz CT molecular complexity index is 384. The molecule has 1 saturated heterocycles. The van der Waals surface area contributed by atoms with E-state index in [0.29, 0.717) is 13.2 Å². The summed E-state index contributed by atoms with van der Waals surface area (Å²) in [5, 5.41) is 9.46. The molecule has 1 aliphatic rings. The lowest BCUT2D eigenvalue weighted by Crippen LogP contribution is -2.48. The molecule has 0 aromatic heterocycles. The largest absolute Gasteiger partial charge is 0.394 e. The predicted octanol–water partition coefficient (Wildman–Crippen LogP) is 1.29. The summed E-state index contributed by atoms with van der Waals surface area (Å²) in [6.45, 7) is 4.27. The molecule has 0 radical (unpaired) electrons. The number of hydrogen-bond acceptors (Lipinski definition) is 4. The molecular weight excluding hydrogens is 228 g/mol. The number of aliphatic hydroxyl groups excluding tert-OH is 1. The van der Waals surface area contributed by atoms with Crippen molar-refractivity contribution in [1.29, 1.82) is 0 Å². The number of para-hydroxylation sites is 1. The number of aliphatic hydroxyl groups is 1. The van der Waals surface area contributed by atoms with E-state index in [1.165, 1.54) is 0 Å². The van der Waals surface area contributed by atoms with Crippen LogP contribution in [0.15, 0.2) is 24.3 Å². The van der Waals surface area contributed by atoms with Crippen LogP contribution in [0.3, 0.4) is 0 Å². The molecule has 0 saturated carbocycles. The van der Waals surface area contributed by atoms with Crippen molar-refractivity contribution in [2.24, 2.45) is 5.73 Å². The average Bonchev–Trinajstić information content (AvgIpc) is 2.46. The van der Waals surface area contributed by atoms with Gasteiger partial charge >= 0.3 is 0 Å². The van der Waals surface area contributed by atoms with E-state index in [4.69, 9.17) is 10.5 Å². The number of anilines is 1. The van der Waals surface area contributed by atoms with Gasteiger partial charge in [-0.15, -0.1) is 0 Å². The van der Waals surface area contributed by atoms with Crippen LogP contribution in [-0.4, -0.2) is 37.5 Å². The summed E-state index contributed by atoms with van der Waals surface area (Å²) in [6.07, 6.45) is 0.908. The fraction of sp³-hybridized carbons (Fsp3) is 0.571. The molecule has 18 heavy (non-hydrogen) atoms. The lowest BCUT2D eigenvalue weighted by molar-refractivity contribution is 0.0726. The van der Waals surface area contributed by atoms with E-state index in [2.05, 4.69) is 24.0 Å². The molecule has 1 fully saturated rings. The van der Waals surface area contributed by atoms with Gasteiger partial charge < -0.3 is 20.5 Å². The zero-order valence-corrected chi connectivity index (χ0v) is 10.9. The molecule has 0 aliphatic carbocycles. The second kappa shape index (κ2) is 6.18. The number of nitrogens with two attached hydrogens (primary N) is 1. The van der Waals surface area contributed by atoms with Crippen LogP contribution in [0, 0.1) is 0 Å². The number of nitrogens with zero attached hydrogens (tertiary/aromatic N) is 1. The Morgan fingerprint density at radius 2 is 2.28 bits per heavy atom. The minimum atomic E-state index is 0.0314. The highest BCUT2D eigenvalue weighted by atomic mass is 16.5. The molecule has 2 atom stereocenters. The van der Waals surface area contributed by atoms with Crippen LogP contribution in [0.5, 0.6) is 0 Å². The van der Waals surface area contributed by atoms with Gasteiger partial charge in [0.05, 0.1) is 25.9 Å². The first-order chi connectivity index (χ1) is 8.77. The van der Waals surface area contributed by atoms with E-state index >= 15 is 0 Å². The molecule has 1 aromatic carbocycles. The molecule has 0 spiro atoms. The molecule has 1 aliphatic heterocycles. The smallest absolute Gasteiger partial charge is 0.0755 e. The van der Waals surface area contributed by atoms with Crippen molar-refractivity contribution in [3.8, 4) is 0 Å². The van der Waals surface area contributed by atoms with Crippen molar-refractivity contribution in [3.63, 3.8) is 0 Å². The van der Waals surface area contributed by atoms with E-state index in [-0.39, 0.29) is 18.7 Å². The monoisotopic (exact) mass is 250 g/mol. The van der Waals surface area contributed by atoms with Crippen LogP contribution in [0.1, 0.15) is 24.9 Å². The molecule has 0 bridgehead atoms. The maximum atomic E-state index is 9.46. The van der Waals surface area contributed by atoms with E-state index in [9.17, 15) is 5.11 Å². The fourth-order valence-electron chi connectivity index (χ4n) is 2.41. The topological polar surface area (TPSA) is 58.7 Å². The van der Waals surface area contributed by atoms with Gasteiger partial charge in [-0.3, -0.25) is 0 Å². The minimum Gasteiger partial charge on any atom is -0.394 e. The zero-order valence-electron chi connectivity index (χ0n) is 10.9. The van der Waals surface area contributed by atoms with Crippen LogP contribution in [0.4, 0.5) is 5.69 Å². The van der Waals surface area contributed by atoms with Crippen molar-refractivity contribution in [1.82, 2.24) is 0 Å². The highest BCUT2D eigenvalue weighted by molar-refractivity contribution is 5.56. The summed E-state index contributed by atoms with van der Waals surface area (Å²) in [5.74, 6) is 0. The molecule has 1 heterocycles. The normalized spacial score (nSPS) is 21.9. The van der Waals surface area contributed by atoms with Crippen LogP contribution < -0.4 is 10.6 Å². The van der Waals surface area contributed by atoms with E-state index < -0.39 is 0 Å². The van der Waals surface area contributed by atoms with E-state index in [1.54, 1.807) is 0 Å². The summed E-state index contributed by atoms with van der Waals surface area (Å²) < 4.78 is 5.42. The number of morpholine rings is 1. The lowest BCUT2D eigenvalue weighted by Gasteiger charge is -2.38. The number of benzene rings is 1. The van der Waals surface area contributed by atoms with Crippen LogP contribution >= 0.6 is 0 Å². The van der Waals surface area contributed by atoms with Gasteiger partial charge in [-0.2, -0.15) is 0 Å². The van der Waals surface area contributed by atoms with Gasteiger partial charge in [-0.05, 0) is 18.1 Å². The Morgan fingerprint density at radius 3 is 3.00 bits per heavy atom. The predicted molar refractivity (Wildman–Crippen MR) is 72.7 cm³/mol. The van der Waals surface area contributed by atoms with Gasteiger partial charge in [-0.1, -0.05) is 25.1 Å². The quantitative estimate of drug-likeness (QED) is 0.845. The van der Waals surface area contributed by atoms with Gasteiger partial charge in [0.25, 0.3) is 0 Å². The van der Waals surface area contributed by atoms with Crippen molar-refractivity contribution in [2.75, 3.05) is 31.3 Å². The lowest BCUT2D eigenvalue weighted by atomic mass is 10.0. The molecule has 1 aromatic rings. The highest BCUT2D eigenvalue weighted by Crippen LogP contribution is 2.29. The molecule has 100 valence electrons. The van der Waals surface area contributed by atoms with Crippen LogP contribution in [0.2, 0.25) is 0 Å². The Morgan fingerprint density at radius 1 is 1.50 bits per heavy atom. The molecule has 0 amide bonds. The first-order valence-electron chi connectivity index (χ1n) is 6.57. The first-order valence-corrected chi connectivity index (χ1v) is 6.57. The maximum absolute atomic E-state index is 9.46. The third kappa shape index (κ3) is 2.66. The summed E-state index contributed by atoms with van der Waals surface area (Å²) in [4.78, 5) is 2.22. The van der Waals surface area contributed by atoms with Crippen LogP contribution in [-0.2, 0) is 4.74 Å². The maximum Gasteiger partial charge on any atom is 0.0755 e. The Kier molecular flexibility index (Phi) is 4.58. The van der Waals surface area contributed by atoms with Crippen molar-refractivity contribution in [2.45, 2.75) is 25.4 Å². The number of ether oxygens (including phenoxy) is 1. The first kappa shape index (κ1) is 13.3. The zero-order chi connectivity index (χ0) is 13.0. The van der Waals surface area contributed by atoms with Gasteiger partial charge in [-0.25, -0.2) is 0 Å². The van der Waals surface area contributed by atoms with Gasteiger partial charge in [0, 0.05) is 18.3 Å². The molecule has 4 heteroatoms. The van der Waals surface area contributed by atoms with Gasteiger partial charge in [0.2, 0.25) is 0 Å². The minimum absolute atomic E-state index is 0.0314. The Hall–Kier alpha value is -1.10. The average molecular weight is 250 g/mol. The Labute approximate surface area is 108 Å². The fourth-order valence-corrected chi connectivity index (χ4v) is 2.41. The van der Waals surface area contributed by atoms with Gasteiger partial charge in [0.15, 0.2) is 0 Å². The molecular formula is C14H22N2O2. The van der Waals surface area contributed by atoms with Gasteiger partial charge in [0.1, 0.15) is 0 Å². The SMILES string of the molecule is CC[C@@H](N)c1ccccc1N1CCOCC1CO. The number of rotatable bonds is 4. The summed E-state index contributed by atoms with van der Waals surface area (Å²) in [7, 11) is 0. The summed E-state index contributed by atoms with van der Waals surface area (Å²) in [6, 6.07) is 8.27. The number of hydrogen-bond donors (Lipinski definition) is 2. The molecule has 3 N–H and O–H groups in total. The van der Waals surface area contributed by atoms with Crippen molar-refractivity contribution < 1.29 is 9.84 Å². The summed E-state index contributed by atoms with van der Waals surface area (Å²) >= 11 is 0. The second-order valence-corrected chi connectivity index (χ2v) is 4.68. The standard InChI is InChI=1S/C14H22N2O2/c1-2-13(15)12-5-3-4-6-14(12)16-7-8-18-10-11(16)9-17/h3-6,11,13,17H,2,7-10,15H2,1H3/t11?,13-/m1/s1. The second-order valence-electron chi connectivity index (χ2n) is 4.68. The third-order valence-electron chi connectivity index (χ3n) is 3.52. The van der Waals surface area contributed by atoms with Crippen molar-refractivity contribution in [3.05, 3.63) is 29.8 Å². The molecule has 2 rings (SSSR count). The molecule has 4 nitrogen and oxygen atoms in total. The van der Waals surface area contributed by atoms with Crippen LogP contribution in [0.25, 0.3) is 0 Å². The third-order valence-corrected chi connectivity index (χ3v) is 3.52. The molecule has 1 unspecified atom stereocenters. The van der Waals surface area contributed by atoms with E-state index in [1.807, 2.05) is 12.1 Å². The summed E-state index contributed by atoms with van der Waals surface area (Å²) in [5.41, 5.74) is 8.45. The Balaban J connectivity index is 2.30. The highest BCUT2D eigenvalue weighted by Gasteiger charge is 2.25. The van der Waals surface area contributed by atoms with Crippen molar-refractivity contribution >= 4 is 5.69 Å².